The first-order chi connectivity index (χ1) is 17.4. The predicted octanol–water partition coefficient (Wildman–Crippen LogP) is 4.94. The van der Waals surface area contributed by atoms with Crippen molar-refractivity contribution in [3.05, 3.63) is 64.8 Å². The maximum absolute atomic E-state index is 11.7. The van der Waals surface area contributed by atoms with Crippen LogP contribution >= 0.6 is 11.6 Å². The minimum absolute atomic E-state index is 0.0632. The molecule has 0 radical (unpaired) electrons. The maximum Gasteiger partial charge on any atom is 0.239 e. The Labute approximate surface area is 215 Å². The summed E-state index contributed by atoms with van der Waals surface area (Å²) in [4.78, 5) is 7.18. The number of pyridine rings is 1. The molecule has 1 atom stereocenters. The zero-order valence-electron chi connectivity index (χ0n) is 19.9. The van der Waals surface area contributed by atoms with Gasteiger partial charge in [-0.25, -0.2) is 18.5 Å². The van der Waals surface area contributed by atoms with Crippen LogP contribution in [-0.2, 0) is 22.9 Å². The number of aromatic amines is 1. The first kappa shape index (κ1) is 23.6. The Hall–Kier alpha value is -2.78. The lowest BCUT2D eigenvalue weighted by atomic mass is 9.96. The van der Waals surface area contributed by atoms with Gasteiger partial charge < -0.3 is 4.90 Å². The third kappa shape index (κ3) is 4.43. The van der Waals surface area contributed by atoms with Crippen LogP contribution in [0.15, 0.2) is 53.6 Å². The Bertz CT molecular complexity index is 1560. The number of hydrogen-bond acceptors (Lipinski definition) is 5. The average molecular weight is 522 g/mol. The van der Waals surface area contributed by atoms with Crippen molar-refractivity contribution in [1.82, 2.24) is 20.1 Å². The number of benzene rings is 2. The highest BCUT2D eigenvalue weighted by Gasteiger charge is 2.24. The number of H-pyrrole nitrogens is 1. The standard InChI is InChI=1S/C27H28ClN5O2S/c28-24-15-20(7-10-25(24)36(29,34)35)26-23-14-21(16-30-27(23)32-31-26)19-4-3-17-5-8-22(9-6-18(17)13-19)33-11-1-2-12-33/h3-4,7,10,13-16,22H,1-2,5-6,8-9,11-12H2,(H2,29,34,35)(H,30,31,32)/t22-/m0/s1. The summed E-state index contributed by atoms with van der Waals surface area (Å²) in [6, 6.07) is 14.2. The molecule has 2 aliphatic rings. The number of nitrogens with one attached hydrogen (secondary N) is 1. The second-order valence-electron chi connectivity index (χ2n) is 9.84. The fraction of sp³-hybridized carbons (Fsp3) is 0.333. The minimum Gasteiger partial charge on any atom is -0.300 e. The quantitative estimate of drug-likeness (QED) is 0.370. The Morgan fingerprint density at radius 3 is 2.44 bits per heavy atom. The highest BCUT2D eigenvalue weighted by atomic mass is 35.5. The topological polar surface area (TPSA) is 105 Å². The monoisotopic (exact) mass is 521 g/mol. The summed E-state index contributed by atoms with van der Waals surface area (Å²) in [6.07, 6.45) is 9.23. The van der Waals surface area contributed by atoms with Gasteiger partial charge in [0, 0.05) is 28.8 Å². The molecule has 3 heterocycles. The molecule has 1 saturated heterocycles. The number of fused-ring (bicyclic) bond motifs is 2. The summed E-state index contributed by atoms with van der Waals surface area (Å²) in [7, 11) is -3.90. The van der Waals surface area contributed by atoms with Gasteiger partial charge in [0.1, 0.15) is 10.6 Å². The van der Waals surface area contributed by atoms with E-state index in [9.17, 15) is 8.42 Å². The third-order valence-electron chi connectivity index (χ3n) is 7.62. The van der Waals surface area contributed by atoms with Gasteiger partial charge in [-0.15, -0.1) is 0 Å². The van der Waals surface area contributed by atoms with E-state index in [4.69, 9.17) is 16.7 Å². The van der Waals surface area contributed by atoms with Crippen LogP contribution in [0.1, 0.15) is 36.8 Å². The summed E-state index contributed by atoms with van der Waals surface area (Å²) >= 11 is 6.23. The van der Waals surface area contributed by atoms with E-state index in [1.54, 1.807) is 12.1 Å². The smallest absolute Gasteiger partial charge is 0.239 e. The van der Waals surface area contributed by atoms with Crippen LogP contribution in [0.25, 0.3) is 33.4 Å². The highest BCUT2D eigenvalue weighted by molar-refractivity contribution is 7.89. The van der Waals surface area contributed by atoms with Crippen LogP contribution in [-0.4, -0.2) is 47.6 Å². The largest absolute Gasteiger partial charge is 0.300 e. The predicted molar refractivity (Wildman–Crippen MR) is 142 cm³/mol. The van der Waals surface area contributed by atoms with E-state index in [2.05, 4.69) is 44.3 Å². The van der Waals surface area contributed by atoms with Gasteiger partial charge in [0.2, 0.25) is 10.0 Å². The van der Waals surface area contributed by atoms with Crippen LogP contribution in [0.3, 0.4) is 0 Å². The second kappa shape index (κ2) is 9.27. The van der Waals surface area contributed by atoms with E-state index in [0.717, 1.165) is 29.4 Å². The zero-order valence-corrected chi connectivity index (χ0v) is 21.4. The van der Waals surface area contributed by atoms with E-state index < -0.39 is 10.0 Å². The second-order valence-corrected chi connectivity index (χ2v) is 11.8. The molecule has 3 N–H and O–H groups in total. The van der Waals surface area contributed by atoms with Gasteiger partial charge in [-0.3, -0.25) is 5.10 Å². The van der Waals surface area contributed by atoms with Gasteiger partial charge in [-0.05, 0) is 86.5 Å². The van der Waals surface area contributed by atoms with Gasteiger partial charge in [-0.2, -0.15) is 5.10 Å². The average Bonchev–Trinajstić information content (AvgIpc) is 3.49. The Kier molecular flexibility index (Phi) is 6.08. The molecule has 0 saturated carbocycles. The van der Waals surface area contributed by atoms with Crippen molar-refractivity contribution in [2.75, 3.05) is 13.1 Å². The lowest BCUT2D eigenvalue weighted by Crippen LogP contribution is -2.32. The number of aromatic nitrogens is 3. The molecule has 4 aromatic rings. The van der Waals surface area contributed by atoms with Crippen molar-refractivity contribution >= 4 is 32.7 Å². The number of nitrogens with zero attached hydrogens (tertiary/aromatic N) is 3. The van der Waals surface area contributed by atoms with Crippen LogP contribution < -0.4 is 5.14 Å². The molecule has 1 aliphatic carbocycles. The lowest BCUT2D eigenvalue weighted by molar-refractivity contribution is 0.222. The maximum atomic E-state index is 11.7. The Morgan fingerprint density at radius 2 is 1.69 bits per heavy atom. The fourth-order valence-electron chi connectivity index (χ4n) is 5.70. The molecule has 0 amide bonds. The number of primary sulfonamides is 1. The van der Waals surface area contributed by atoms with Crippen molar-refractivity contribution in [3.8, 4) is 22.4 Å². The molecule has 0 bridgehead atoms. The fourth-order valence-corrected chi connectivity index (χ4v) is 6.79. The molecule has 1 aliphatic heterocycles. The van der Waals surface area contributed by atoms with Crippen molar-refractivity contribution in [2.45, 2.75) is 49.5 Å². The van der Waals surface area contributed by atoms with Crippen LogP contribution in [0.4, 0.5) is 0 Å². The van der Waals surface area contributed by atoms with Crippen molar-refractivity contribution in [1.29, 1.82) is 0 Å². The Balaban J connectivity index is 1.32. The van der Waals surface area contributed by atoms with Crippen molar-refractivity contribution < 1.29 is 8.42 Å². The van der Waals surface area contributed by atoms with E-state index in [0.29, 0.717) is 22.9 Å². The molecular weight excluding hydrogens is 494 g/mol. The number of likely N-dealkylation sites (tertiary alicyclic amines) is 1. The summed E-state index contributed by atoms with van der Waals surface area (Å²) in [5.74, 6) is 0. The normalized spacial score (nSPS) is 18.9. The number of aryl methyl sites for hydroxylation is 2. The molecule has 2 aromatic carbocycles. The van der Waals surface area contributed by atoms with E-state index >= 15 is 0 Å². The van der Waals surface area contributed by atoms with Crippen LogP contribution in [0.5, 0.6) is 0 Å². The first-order valence-electron chi connectivity index (χ1n) is 12.4. The number of halogens is 1. The summed E-state index contributed by atoms with van der Waals surface area (Å²) < 4.78 is 23.5. The Morgan fingerprint density at radius 1 is 0.944 bits per heavy atom. The molecule has 2 aromatic heterocycles. The van der Waals surface area contributed by atoms with Gasteiger partial charge in [0.25, 0.3) is 0 Å². The summed E-state index contributed by atoms with van der Waals surface area (Å²) in [6.45, 7) is 2.50. The van der Waals surface area contributed by atoms with Gasteiger partial charge in [0.05, 0.1) is 5.02 Å². The molecule has 36 heavy (non-hydrogen) atoms. The number of hydrogen-bond donors (Lipinski definition) is 2. The van der Waals surface area contributed by atoms with Crippen LogP contribution in [0, 0.1) is 0 Å². The minimum atomic E-state index is -3.90. The molecule has 1 fully saturated rings. The number of nitrogens with two attached hydrogens (primary N) is 1. The molecule has 0 spiro atoms. The number of rotatable bonds is 4. The summed E-state index contributed by atoms with van der Waals surface area (Å²) in [5.41, 5.74) is 7.05. The first-order valence-corrected chi connectivity index (χ1v) is 14.3. The van der Waals surface area contributed by atoms with Gasteiger partial charge in [0.15, 0.2) is 5.65 Å². The van der Waals surface area contributed by atoms with Crippen molar-refractivity contribution in [3.63, 3.8) is 0 Å². The molecule has 9 heteroatoms. The van der Waals surface area contributed by atoms with Gasteiger partial charge >= 0.3 is 0 Å². The van der Waals surface area contributed by atoms with E-state index in [1.807, 2.05) is 6.20 Å². The molecule has 186 valence electrons. The molecule has 7 nitrogen and oxygen atoms in total. The highest BCUT2D eigenvalue weighted by Crippen LogP contribution is 2.34. The van der Waals surface area contributed by atoms with Crippen LogP contribution in [0.2, 0.25) is 5.02 Å². The van der Waals surface area contributed by atoms with Gasteiger partial charge in [-0.1, -0.05) is 35.9 Å². The molecule has 6 rings (SSSR count). The summed E-state index contributed by atoms with van der Waals surface area (Å²) in [5, 5.41) is 13.6. The van der Waals surface area contributed by atoms with E-state index in [1.165, 1.54) is 56.0 Å². The third-order valence-corrected chi connectivity index (χ3v) is 9.01. The number of sulfonamides is 1. The molecular formula is C27H28ClN5O2S. The lowest BCUT2D eigenvalue weighted by Gasteiger charge is -2.25. The molecule has 0 unspecified atom stereocenters. The SMILES string of the molecule is NS(=O)(=O)c1ccc(-c2n[nH]c3ncc(-c4ccc5c(c4)CC[C@@H](N4CCCC4)CC5)cc23)cc1Cl. The zero-order chi connectivity index (χ0) is 24.9. The van der Waals surface area contributed by atoms with E-state index in [-0.39, 0.29) is 9.92 Å². The van der Waals surface area contributed by atoms with Crippen molar-refractivity contribution in [2.24, 2.45) is 5.14 Å².